The zero-order chi connectivity index (χ0) is 37.1. The lowest BCUT2D eigenvalue weighted by Gasteiger charge is -2.24. The Hall–Kier alpha value is -5.72. The van der Waals surface area contributed by atoms with E-state index in [-0.39, 0.29) is 45.3 Å². The highest BCUT2D eigenvalue weighted by Gasteiger charge is 2.40. The second kappa shape index (κ2) is 17.0. The van der Waals surface area contributed by atoms with Crippen molar-refractivity contribution in [1.82, 2.24) is 0 Å². The monoisotopic (exact) mass is 736 g/mol. The number of rotatable bonds is 12. The van der Waals surface area contributed by atoms with E-state index in [1.807, 2.05) is 0 Å². The van der Waals surface area contributed by atoms with Gasteiger partial charge in [0.05, 0.1) is 13.2 Å². The van der Waals surface area contributed by atoms with E-state index in [2.05, 4.69) is 8.73 Å². The Morgan fingerprint density at radius 2 is 0.827 bits per heavy atom. The van der Waals surface area contributed by atoms with E-state index in [0.717, 1.165) is 0 Å². The lowest BCUT2D eigenvalue weighted by Crippen LogP contribution is -2.28. The third-order valence-electron chi connectivity index (χ3n) is 7.80. The highest BCUT2D eigenvalue weighted by Crippen LogP contribution is 2.38. The first-order valence-corrected chi connectivity index (χ1v) is 19.5. The number of benzene rings is 5. The van der Waals surface area contributed by atoms with Gasteiger partial charge in [0.1, 0.15) is 19.5 Å². The molecule has 0 aromatic heterocycles. The van der Waals surface area contributed by atoms with Crippen LogP contribution in [0.15, 0.2) is 164 Å². The normalized spacial score (nSPS) is 14.3. The van der Waals surface area contributed by atoms with Crippen molar-refractivity contribution in [3.05, 3.63) is 168 Å². The number of ether oxygens (including phenoxy) is 2. The van der Waals surface area contributed by atoms with E-state index < -0.39 is 53.7 Å². The molecule has 4 unspecified atom stereocenters. The summed E-state index contributed by atoms with van der Waals surface area (Å²) in [5.41, 5.74) is 0.398. The van der Waals surface area contributed by atoms with Gasteiger partial charge in [-0.3, -0.25) is 19.2 Å². The van der Waals surface area contributed by atoms with Gasteiger partial charge in [-0.2, -0.15) is 8.73 Å². The summed E-state index contributed by atoms with van der Waals surface area (Å²) in [6.45, 7) is 3.00. The minimum atomic E-state index is -4.01. The van der Waals surface area contributed by atoms with Gasteiger partial charge in [-0.1, -0.05) is 97.1 Å². The molecule has 0 spiro atoms. The first kappa shape index (κ1) is 37.5. The van der Waals surface area contributed by atoms with Crippen LogP contribution in [0.4, 0.5) is 0 Å². The molecule has 5 aromatic rings. The lowest BCUT2D eigenvalue weighted by atomic mass is 10.1. The highest BCUT2D eigenvalue weighted by molar-refractivity contribution is 7.95. The quantitative estimate of drug-likeness (QED) is 0.119. The summed E-state index contributed by atoms with van der Waals surface area (Å²) < 4.78 is 50.0. The summed E-state index contributed by atoms with van der Waals surface area (Å²) in [7, 11) is -8.02. The van der Waals surface area contributed by atoms with Crippen molar-refractivity contribution in [2.45, 2.75) is 34.1 Å². The van der Waals surface area contributed by atoms with Crippen molar-refractivity contribution in [1.29, 1.82) is 0 Å². The molecular weight excluding hydrogens is 701 g/mol. The molecule has 0 aliphatic heterocycles. The van der Waals surface area contributed by atoms with Gasteiger partial charge in [0.15, 0.2) is 10.5 Å². The van der Waals surface area contributed by atoms with E-state index >= 15 is 8.42 Å². The predicted molar refractivity (Wildman–Crippen MR) is 197 cm³/mol. The van der Waals surface area contributed by atoms with Crippen LogP contribution in [0.5, 0.6) is 0 Å². The largest absolute Gasteiger partial charge is 0.465 e. The molecule has 0 saturated heterocycles. The highest BCUT2D eigenvalue weighted by atomic mass is 32.2. The van der Waals surface area contributed by atoms with Gasteiger partial charge in [0.25, 0.3) is 11.8 Å². The number of nitrogens with zero attached hydrogens (tertiary/aromatic N) is 2. The molecule has 0 aliphatic rings. The van der Waals surface area contributed by atoms with Crippen LogP contribution in [0.1, 0.15) is 56.2 Å². The Morgan fingerprint density at radius 1 is 0.500 bits per heavy atom. The van der Waals surface area contributed by atoms with Gasteiger partial charge >= 0.3 is 11.9 Å². The van der Waals surface area contributed by atoms with E-state index in [9.17, 15) is 19.2 Å². The first-order chi connectivity index (χ1) is 25.1. The number of carbonyl (C=O) groups excluding carboxylic acids is 4. The number of carbonyl (C=O) groups is 4. The molecule has 0 aliphatic carbocycles. The van der Waals surface area contributed by atoms with E-state index in [1.165, 1.54) is 72.8 Å². The Kier molecular flexibility index (Phi) is 12.3. The van der Waals surface area contributed by atoms with Crippen molar-refractivity contribution >= 4 is 43.2 Å². The second-order valence-corrected chi connectivity index (χ2v) is 15.7. The number of hydrogen-bond acceptors (Lipinski definition) is 8. The van der Waals surface area contributed by atoms with Crippen molar-refractivity contribution < 1.29 is 37.1 Å². The van der Waals surface area contributed by atoms with Gasteiger partial charge < -0.3 is 9.47 Å². The molecular formula is C40H36N2O8S2. The molecule has 5 rings (SSSR count). The van der Waals surface area contributed by atoms with Crippen LogP contribution in [0, 0.1) is 0 Å². The molecule has 52 heavy (non-hydrogen) atoms. The van der Waals surface area contributed by atoms with E-state index in [4.69, 9.17) is 9.47 Å². The van der Waals surface area contributed by atoms with Crippen LogP contribution in [-0.2, 0) is 38.5 Å². The molecule has 266 valence electrons. The van der Waals surface area contributed by atoms with Gasteiger partial charge in [-0.15, -0.1) is 0 Å². The first-order valence-electron chi connectivity index (χ1n) is 16.4. The smallest absolute Gasteiger partial charge is 0.327 e. The fourth-order valence-electron chi connectivity index (χ4n) is 5.45. The van der Waals surface area contributed by atoms with Crippen LogP contribution in [0.3, 0.4) is 0 Å². The molecule has 0 fully saturated rings. The number of amides is 2. The summed E-state index contributed by atoms with van der Waals surface area (Å²) in [6.07, 6.45) is 0. The van der Waals surface area contributed by atoms with Crippen LogP contribution < -0.4 is 0 Å². The topological polar surface area (TPSA) is 146 Å². The van der Waals surface area contributed by atoms with E-state index in [1.54, 1.807) is 86.6 Å². The van der Waals surface area contributed by atoms with Crippen molar-refractivity contribution in [3.63, 3.8) is 0 Å². The fourth-order valence-corrected chi connectivity index (χ4v) is 9.90. The maximum atomic E-state index is 15.3. The Labute approximate surface area is 303 Å². The SMILES string of the molecule is CCOC(=O)C(c1cccc(C(C(=O)OCC)S(=O)(=NC(=O)c2ccccc2)c2ccccc2)c1)S(=O)(=NC(=O)c1ccccc1)c1ccccc1. The minimum Gasteiger partial charge on any atom is -0.465 e. The molecule has 12 heteroatoms. The van der Waals surface area contributed by atoms with Crippen LogP contribution in [0.25, 0.3) is 0 Å². The third kappa shape index (κ3) is 8.25. The molecule has 2 amide bonds. The molecule has 10 nitrogen and oxygen atoms in total. The average molecular weight is 737 g/mol. The van der Waals surface area contributed by atoms with Gasteiger partial charge in [0.2, 0.25) is 0 Å². The molecule has 0 radical (unpaired) electrons. The lowest BCUT2D eigenvalue weighted by molar-refractivity contribution is -0.143. The molecule has 0 bridgehead atoms. The molecule has 0 saturated carbocycles. The molecule has 5 aromatic carbocycles. The maximum absolute atomic E-state index is 15.3. The zero-order valence-corrected chi connectivity index (χ0v) is 30.0. The van der Waals surface area contributed by atoms with Gasteiger partial charge in [-0.05, 0) is 73.5 Å². The van der Waals surface area contributed by atoms with E-state index in [0.29, 0.717) is 0 Å². The van der Waals surface area contributed by atoms with Crippen LogP contribution >= 0.6 is 0 Å². The molecule has 0 heterocycles. The van der Waals surface area contributed by atoms with Gasteiger partial charge in [-0.25, -0.2) is 8.42 Å². The minimum absolute atomic E-state index is 0.0490. The predicted octanol–water partition coefficient (Wildman–Crippen LogP) is 7.63. The molecule has 0 N–H and O–H groups in total. The Bertz CT molecular complexity index is 2140. The van der Waals surface area contributed by atoms with Crippen LogP contribution in [0.2, 0.25) is 0 Å². The summed E-state index contributed by atoms with van der Waals surface area (Å²) in [4.78, 5) is 55.1. The maximum Gasteiger partial charge on any atom is 0.327 e. The number of esters is 2. The van der Waals surface area contributed by atoms with Crippen LogP contribution in [-0.4, -0.2) is 45.4 Å². The zero-order valence-electron chi connectivity index (χ0n) is 28.4. The summed E-state index contributed by atoms with van der Waals surface area (Å²) in [5.74, 6) is -3.54. The third-order valence-corrected chi connectivity index (χ3v) is 12.8. The summed E-state index contributed by atoms with van der Waals surface area (Å²) in [5, 5.41) is -3.39. The summed E-state index contributed by atoms with van der Waals surface area (Å²) in [6, 6.07) is 37.6. The molecule has 4 atom stereocenters. The second-order valence-electron chi connectivity index (χ2n) is 11.2. The van der Waals surface area contributed by atoms with Crippen molar-refractivity contribution in [2.24, 2.45) is 8.73 Å². The Balaban J connectivity index is 1.79. The van der Waals surface area contributed by atoms with Crippen molar-refractivity contribution in [3.8, 4) is 0 Å². The fraction of sp³-hybridized carbons (Fsp3) is 0.150. The standard InChI is InChI=1S/C40H36N2O8S2/c1-3-49-39(45)35(51(47,33-24-13-7-14-25-33)41-37(43)29-18-9-5-10-19-29)31-22-17-23-32(28-31)36(40(46)50-4-2)52(48,34-26-15-8-16-27-34)42-38(44)30-20-11-6-12-21-30/h5-28,35-36H,3-4H2,1-2H3. The summed E-state index contributed by atoms with van der Waals surface area (Å²) >= 11 is 0. The Morgan fingerprint density at radius 3 is 1.15 bits per heavy atom. The van der Waals surface area contributed by atoms with Crippen molar-refractivity contribution in [2.75, 3.05) is 13.2 Å². The van der Waals surface area contributed by atoms with Gasteiger partial charge in [0, 0.05) is 20.9 Å². The number of hydrogen-bond donors (Lipinski definition) is 0. The average Bonchev–Trinajstić information content (AvgIpc) is 3.16.